The molecule has 2 N–H and O–H groups in total. The van der Waals surface area contributed by atoms with E-state index in [-0.39, 0.29) is 36.2 Å². The van der Waals surface area contributed by atoms with Crippen LogP contribution in [0, 0.1) is 0 Å². The minimum Gasteiger partial charge on any atom is -0.488 e. The minimum atomic E-state index is 0. The van der Waals surface area contributed by atoms with Crippen molar-refractivity contribution in [1.82, 2.24) is 15.6 Å². The zero-order valence-corrected chi connectivity index (χ0v) is 19.8. The summed E-state index contributed by atoms with van der Waals surface area (Å²) in [5.74, 6) is 2.76. The summed E-state index contributed by atoms with van der Waals surface area (Å²) in [6.07, 6.45) is 3.15. The Morgan fingerprint density at radius 2 is 2.13 bits per heavy atom. The molecule has 30 heavy (non-hydrogen) atoms. The first kappa shape index (κ1) is 22.6. The summed E-state index contributed by atoms with van der Waals surface area (Å²) in [4.78, 5) is 11.1. The maximum atomic E-state index is 5.99. The van der Waals surface area contributed by atoms with E-state index in [1.165, 1.54) is 11.1 Å². The molecule has 2 atom stereocenters. The number of rotatable bonds is 5. The van der Waals surface area contributed by atoms with Gasteiger partial charge in [-0.3, -0.25) is 4.99 Å². The molecule has 0 bridgehead atoms. The first-order chi connectivity index (χ1) is 14.2. The lowest BCUT2D eigenvalue weighted by Gasteiger charge is -2.32. The number of anilines is 1. The lowest BCUT2D eigenvalue weighted by Crippen LogP contribution is -2.42. The molecule has 1 aromatic heterocycles. The average molecular weight is 523 g/mol. The van der Waals surface area contributed by atoms with Crippen LogP contribution < -0.4 is 20.3 Å². The molecule has 2 aliphatic rings. The summed E-state index contributed by atoms with van der Waals surface area (Å²) < 4.78 is 11.6. The number of benzene rings is 1. The monoisotopic (exact) mass is 523 g/mol. The maximum absolute atomic E-state index is 5.99. The molecule has 1 saturated heterocycles. The van der Waals surface area contributed by atoms with Gasteiger partial charge in [-0.15, -0.1) is 24.0 Å². The molecule has 2 aliphatic heterocycles. The number of halogens is 1. The Morgan fingerprint density at radius 1 is 1.27 bits per heavy atom. The molecular formula is C22H30IN5O2. The van der Waals surface area contributed by atoms with Crippen molar-refractivity contribution in [1.29, 1.82) is 0 Å². The summed E-state index contributed by atoms with van der Waals surface area (Å²) in [6.45, 7) is 5.98. The molecule has 2 unspecified atom stereocenters. The van der Waals surface area contributed by atoms with Crippen molar-refractivity contribution in [2.75, 3.05) is 38.2 Å². The van der Waals surface area contributed by atoms with Gasteiger partial charge in [0.1, 0.15) is 17.7 Å². The second-order valence-corrected chi connectivity index (χ2v) is 7.51. The first-order valence-corrected chi connectivity index (χ1v) is 10.2. The van der Waals surface area contributed by atoms with Gasteiger partial charge < -0.3 is 25.0 Å². The van der Waals surface area contributed by atoms with Crippen LogP contribution in [0.15, 0.2) is 47.6 Å². The van der Waals surface area contributed by atoms with Crippen LogP contribution in [-0.2, 0) is 17.7 Å². The van der Waals surface area contributed by atoms with E-state index < -0.39 is 0 Å². The molecule has 0 saturated carbocycles. The van der Waals surface area contributed by atoms with Gasteiger partial charge in [-0.25, -0.2) is 4.98 Å². The highest BCUT2D eigenvalue weighted by atomic mass is 127. The van der Waals surface area contributed by atoms with E-state index in [1.807, 2.05) is 24.4 Å². The van der Waals surface area contributed by atoms with Gasteiger partial charge in [0.2, 0.25) is 0 Å². The standard InChI is InChI=1S/C22H29N5O2.HI/c1-16-15-27(9-10-28-16)21-11-17(7-8-24-21)13-25-22(23-2)26-14-19-12-18-5-3-4-6-20(18)29-19;/h3-8,11,16,19H,9-10,12-15H2,1-2H3,(H2,23,25,26);1H. The molecule has 8 heteroatoms. The third kappa shape index (κ3) is 5.75. The lowest BCUT2D eigenvalue weighted by molar-refractivity contribution is 0.0529. The third-order valence-electron chi connectivity index (χ3n) is 5.27. The van der Waals surface area contributed by atoms with E-state index >= 15 is 0 Å². The zero-order chi connectivity index (χ0) is 20.1. The molecule has 0 radical (unpaired) electrons. The normalized spacial score (nSPS) is 20.7. The summed E-state index contributed by atoms with van der Waals surface area (Å²) in [5, 5.41) is 6.75. The van der Waals surface area contributed by atoms with E-state index in [2.05, 4.69) is 50.6 Å². The Bertz CT molecular complexity index is 838. The van der Waals surface area contributed by atoms with Crippen LogP contribution in [-0.4, -0.2) is 56.4 Å². The van der Waals surface area contributed by atoms with Crippen LogP contribution in [0.3, 0.4) is 0 Å². The Hall–Kier alpha value is -2.07. The zero-order valence-electron chi connectivity index (χ0n) is 17.5. The Labute approximate surface area is 195 Å². The number of aromatic nitrogens is 1. The van der Waals surface area contributed by atoms with Crippen LogP contribution in [0.2, 0.25) is 0 Å². The number of aliphatic imine (C=N–C) groups is 1. The van der Waals surface area contributed by atoms with E-state index in [0.29, 0.717) is 13.1 Å². The van der Waals surface area contributed by atoms with Crippen molar-refractivity contribution < 1.29 is 9.47 Å². The SMILES string of the molecule is CN=C(NCc1ccnc(N2CCOC(C)C2)c1)NCC1Cc2ccccc2O1.I. The minimum absolute atomic E-state index is 0. The number of fused-ring (bicyclic) bond motifs is 1. The molecule has 7 nitrogen and oxygen atoms in total. The third-order valence-corrected chi connectivity index (χ3v) is 5.27. The van der Waals surface area contributed by atoms with Gasteiger partial charge in [0.25, 0.3) is 0 Å². The molecule has 1 aromatic carbocycles. The van der Waals surface area contributed by atoms with Crippen LogP contribution in [0.1, 0.15) is 18.1 Å². The van der Waals surface area contributed by atoms with Gasteiger partial charge >= 0.3 is 0 Å². The molecule has 3 heterocycles. The number of nitrogens with zero attached hydrogens (tertiary/aromatic N) is 3. The summed E-state index contributed by atoms with van der Waals surface area (Å²) in [7, 11) is 1.78. The number of hydrogen-bond acceptors (Lipinski definition) is 5. The highest BCUT2D eigenvalue weighted by molar-refractivity contribution is 14.0. The fraction of sp³-hybridized carbons (Fsp3) is 0.455. The van der Waals surface area contributed by atoms with Gasteiger partial charge in [-0.2, -0.15) is 0 Å². The van der Waals surface area contributed by atoms with Crippen LogP contribution >= 0.6 is 24.0 Å². The Morgan fingerprint density at radius 3 is 2.93 bits per heavy atom. The molecule has 1 fully saturated rings. The van der Waals surface area contributed by atoms with Gasteiger partial charge in [-0.1, -0.05) is 18.2 Å². The highest BCUT2D eigenvalue weighted by Crippen LogP contribution is 2.27. The quantitative estimate of drug-likeness (QED) is 0.357. The van der Waals surface area contributed by atoms with Crippen molar-refractivity contribution in [2.45, 2.75) is 32.1 Å². The first-order valence-electron chi connectivity index (χ1n) is 10.2. The molecule has 2 aromatic rings. The van der Waals surface area contributed by atoms with E-state index in [4.69, 9.17) is 9.47 Å². The van der Waals surface area contributed by atoms with Crippen molar-refractivity contribution >= 4 is 35.8 Å². The molecule has 162 valence electrons. The summed E-state index contributed by atoms with van der Waals surface area (Å²) in [5.41, 5.74) is 2.44. The Balaban J connectivity index is 0.00000256. The topological polar surface area (TPSA) is 71.0 Å². The fourth-order valence-electron chi connectivity index (χ4n) is 3.75. The number of ether oxygens (including phenoxy) is 2. The van der Waals surface area contributed by atoms with Gasteiger partial charge in [0.15, 0.2) is 5.96 Å². The van der Waals surface area contributed by atoms with Crippen LogP contribution in [0.5, 0.6) is 5.75 Å². The van der Waals surface area contributed by atoms with E-state index in [0.717, 1.165) is 43.6 Å². The largest absolute Gasteiger partial charge is 0.488 e. The number of hydrogen-bond donors (Lipinski definition) is 2. The fourth-order valence-corrected chi connectivity index (χ4v) is 3.75. The lowest BCUT2D eigenvalue weighted by atomic mass is 10.1. The number of guanidine groups is 1. The molecule has 4 rings (SSSR count). The van der Waals surface area contributed by atoms with Crippen molar-refractivity contribution in [3.63, 3.8) is 0 Å². The van der Waals surface area contributed by atoms with Crippen molar-refractivity contribution in [3.05, 3.63) is 53.7 Å². The van der Waals surface area contributed by atoms with Gasteiger partial charge in [0, 0.05) is 39.3 Å². The predicted octanol–water partition coefficient (Wildman–Crippen LogP) is 2.59. The van der Waals surface area contributed by atoms with Crippen LogP contribution in [0.25, 0.3) is 0 Å². The van der Waals surface area contributed by atoms with E-state index in [1.54, 1.807) is 7.05 Å². The number of nitrogens with one attached hydrogen (secondary N) is 2. The second-order valence-electron chi connectivity index (χ2n) is 7.51. The number of morpholine rings is 1. The predicted molar refractivity (Wildman–Crippen MR) is 130 cm³/mol. The maximum Gasteiger partial charge on any atom is 0.191 e. The smallest absolute Gasteiger partial charge is 0.191 e. The average Bonchev–Trinajstić information content (AvgIpc) is 3.17. The van der Waals surface area contributed by atoms with Crippen LogP contribution in [0.4, 0.5) is 5.82 Å². The summed E-state index contributed by atoms with van der Waals surface area (Å²) >= 11 is 0. The Kier molecular flexibility index (Phi) is 8.15. The van der Waals surface area contributed by atoms with Gasteiger partial charge in [0.05, 0.1) is 19.3 Å². The number of para-hydroxylation sites is 1. The number of pyridine rings is 1. The van der Waals surface area contributed by atoms with Crippen molar-refractivity contribution in [2.24, 2.45) is 4.99 Å². The molecular weight excluding hydrogens is 493 g/mol. The highest BCUT2D eigenvalue weighted by Gasteiger charge is 2.22. The molecule has 0 spiro atoms. The summed E-state index contributed by atoms with van der Waals surface area (Å²) in [6, 6.07) is 12.4. The second kappa shape index (κ2) is 10.8. The van der Waals surface area contributed by atoms with Gasteiger partial charge in [-0.05, 0) is 36.2 Å². The van der Waals surface area contributed by atoms with Crippen molar-refractivity contribution in [3.8, 4) is 5.75 Å². The molecule has 0 amide bonds. The van der Waals surface area contributed by atoms with E-state index in [9.17, 15) is 0 Å². The molecule has 0 aliphatic carbocycles.